The summed E-state index contributed by atoms with van der Waals surface area (Å²) < 4.78 is 23.6. The highest BCUT2D eigenvalue weighted by atomic mass is 32.2. The van der Waals surface area contributed by atoms with Crippen LogP contribution in [0.1, 0.15) is 30.9 Å². The summed E-state index contributed by atoms with van der Waals surface area (Å²) in [6, 6.07) is 19.8. The molecule has 2 aromatic rings. The van der Waals surface area contributed by atoms with Crippen LogP contribution < -0.4 is 5.32 Å². The van der Waals surface area contributed by atoms with Crippen molar-refractivity contribution in [3.63, 3.8) is 0 Å². The second kappa shape index (κ2) is 8.46. The molecule has 0 spiro atoms. The summed E-state index contributed by atoms with van der Waals surface area (Å²) in [4.78, 5) is 27.1. The molecule has 2 atom stereocenters. The minimum atomic E-state index is -3.08. The molecule has 2 heterocycles. The number of hydrogen-bond donors (Lipinski definition) is 1. The van der Waals surface area contributed by atoms with Crippen molar-refractivity contribution in [1.82, 2.24) is 10.2 Å². The van der Waals surface area contributed by atoms with Crippen molar-refractivity contribution in [3.8, 4) is 0 Å². The molecule has 1 N–H and O–H groups in total. The van der Waals surface area contributed by atoms with E-state index in [0.717, 1.165) is 11.1 Å². The van der Waals surface area contributed by atoms with Gasteiger partial charge in [0.15, 0.2) is 9.84 Å². The lowest BCUT2D eigenvalue weighted by atomic mass is 9.76. The van der Waals surface area contributed by atoms with Crippen molar-refractivity contribution in [2.24, 2.45) is 5.92 Å². The van der Waals surface area contributed by atoms with E-state index in [1.165, 1.54) is 0 Å². The Balaban J connectivity index is 1.46. The Bertz CT molecular complexity index is 1010. The molecule has 0 saturated carbocycles. The predicted octanol–water partition coefficient (Wildman–Crippen LogP) is 2.14. The first-order valence-corrected chi connectivity index (χ1v) is 12.5. The number of nitrogens with zero attached hydrogens (tertiary/aromatic N) is 1. The SMILES string of the molecule is CC(CNC(=O)C1CC(=O)N(C2CCS(=O)(=O)C2)C1)(c1ccccc1)c1ccccc1. The van der Waals surface area contributed by atoms with Gasteiger partial charge in [0, 0.05) is 31.0 Å². The van der Waals surface area contributed by atoms with Crippen LogP contribution in [0.25, 0.3) is 0 Å². The largest absolute Gasteiger partial charge is 0.355 e. The van der Waals surface area contributed by atoms with Crippen LogP contribution in [0.15, 0.2) is 60.7 Å². The summed E-state index contributed by atoms with van der Waals surface area (Å²) in [6.07, 6.45) is 0.596. The highest BCUT2D eigenvalue weighted by molar-refractivity contribution is 7.91. The lowest BCUT2D eigenvalue weighted by molar-refractivity contribution is -0.130. The molecule has 2 amide bonds. The monoisotopic (exact) mass is 440 g/mol. The summed E-state index contributed by atoms with van der Waals surface area (Å²) >= 11 is 0. The van der Waals surface area contributed by atoms with Gasteiger partial charge < -0.3 is 10.2 Å². The number of rotatable bonds is 6. The molecule has 4 rings (SSSR count). The lowest BCUT2D eigenvalue weighted by Crippen LogP contribution is -2.43. The second-order valence-corrected chi connectivity index (χ2v) is 11.0. The summed E-state index contributed by atoms with van der Waals surface area (Å²) in [5.41, 5.74) is 1.78. The molecular formula is C24H28N2O4S. The quantitative estimate of drug-likeness (QED) is 0.746. The average molecular weight is 441 g/mol. The van der Waals surface area contributed by atoms with E-state index in [0.29, 0.717) is 13.0 Å². The molecule has 0 aliphatic carbocycles. The molecule has 2 unspecified atom stereocenters. The van der Waals surface area contributed by atoms with Crippen LogP contribution in [0.5, 0.6) is 0 Å². The minimum Gasteiger partial charge on any atom is -0.355 e. The van der Waals surface area contributed by atoms with Crippen LogP contribution in [-0.4, -0.2) is 55.8 Å². The summed E-state index contributed by atoms with van der Waals surface area (Å²) in [6.45, 7) is 2.80. The maximum atomic E-state index is 13.0. The number of benzene rings is 2. The molecule has 0 radical (unpaired) electrons. The maximum Gasteiger partial charge on any atom is 0.225 e. The molecule has 2 fully saturated rings. The van der Waals surface area contributed by atoms with Gasteiger partial charge in [-0.1, -0.05) is 60.7 Å². The Hall–Kier alpha value is -2.67. The minimum absolute atomic E-state index is 0.00711. The third-order valence-corrected chi connectivity index (χ3v) is 8.37. The molecule has 31 heavy (non-hydrogen) atoms. The van der Waals surface area contributed by atoms with E-state index in [1.54, 1.807) is 4.90 Å². The zero-order chi connectivity index (χ0) is 22.1. The van der Waals surface area contributed by atoms with E-state index < -0.39 is 21.2 Å². The van der Waals surface area contributed by atoms with Crippen LogP contribution in [-0.2, 0) is 24.8 Å². The van der Waals surface area contributed by atoms with Gasteiger partial charge in [0.05, 0.1) is 17.4 Å². The van der Waals surface area contributed by atoms with Gasteiger partial charge in [-0.2, -0.15) is 0 Å². The fraction of sp³-hybridized carbons (Fsp3) is 0.417. The summed E-state index contributed by atoms with van der Waals surface area (Å²) in [7, 11) is -3.08. The van der Waals surface area contributed by atoms with Gasteiger partial charge in [-0.15, -0.1) is 0 Å². The van der Waals surface area contributed by atoms with Gasteiger partial charge in [0.2, 0.25) is 11.8 Å². The van der Waals surface area contributed by atoms with E-state index in [2.05, 4.69) is 36.5 Å². The lowest BCUT2D eigenvalue weighted by Gasteiger charge is -2.32. The number of amides is 2. The maximum absolute atomic E-state index is 13.0. The molecule has 2 saturated heterocycles. The van der Waals surface area contributed by atoms with Crippen molar-refractivity contribution in [2.75, 3.05) is 24.6 Å². The number of carbonyl (C=O) groups excluding carboxylic acids is 2. The first-order chi connectivity index (χ1) is 14.8. The Morgan fingerprint density at radius 1 is 1.06 bits per heavy atom. The molecule has 2 aliphatic heterocycles. The molecular weight excluding hydrogens is 412 g/mol. The van der Waals surface area contributed by atoms with E-state index in [1.807, 2.05) is 36.4 Å². The highest BCUT2D eigenvalue weighted by Gasteiger charge is 2.42. The number of nitrogens with one attached hydrogen (secondary N) is 1. The van der Waals surface area contributed by atoms with Gasteiger partial charge in [-0.25, -0.2) is 8.42 Å². The van der Waals surface area contributed by atoms with Crippen molar-refractivity contribution in [2.45, 2.75) is 31.2 Å². The molecule has 164 valence electrons. The van der Waals surface area contributed by atoms with Crippen molar-refractivity contribution < 1.29 is 18.0 Å². The van der Waals surface area contributed by atoms with Crippen molar-refractivity contribution in [3.05, 3.63) is 71.8 Å². The summed E-state index contributed by atoms with van der Waals surface area (Å²) in [5, 5.41) is 3.07. The fourth-order valence-electron chi connectivity index (χ4n) is 4.67. The Morgan fingerprint density at radius 2 is 1.65 bits per heavy atom. The van der Waals surface area contributed by atoms with Crippen LogP contribution in [0.2, 0.25) is 0 Å². The van der Waals surface area contributed by atoms with Crippen molar-refractivity contribution in [1.29, 1.82) is 0 Å². The Labute approximate surface area is 183 Å². The third-order valence-electron chi connectivity index (χ3n) is 6.62. The van der Waals surface area contributed by atoms with Gasteiger partial charge in [-0.05, 0) is 24.5 Å². The average Bonchev–Trinajstić information content (AvgIpc) is 3.34. The zero-order valence-corrected chi connectivity index (χ0v) is 18.5. The van der Waals surface area contributed by atoms with Gasteiger partial charge in [0.1, 0.15) is 0 Å². The first-order valence-electron chi connectivity index (χ1n) is 10.7. The van der Waals surface area contributed by atoms with E-state index >= 15 is 0 Å². The number of carbonyl (C=O) groups is 2. The number of likely N-dealkylation sites (tertiary alicyclic amines) is 1. The topological polar surface area (TPSA) is 83.6 Å². The van der Waals surface area contributed by atoms with E-state index in [4.69, 9.17) is 0 Å². The van der Waals surface area contributed by atoms with Gasteiger partial charge >= 0.3 is 0 Å². The first kappa shape index (κ1) is 21.6. The molecule has 2 aliphatic rings. The molecule has 7 heteroatoms. The van der Waals surface area contributed by atoms with E-state index in [9.17, 15) is 18.0 Å². The van der Waals surface area contributed by atoms with Crippen molar-refractivity contribution >= 4 is 21.7 Å². The normalized spacial score (nSPS) is 23.1. The number of sulfone groups is 1. The zero-order valence-electron chi connectivity index (χ0n) is 17.7. The number of hydrogen-bond acceptors (Lipinski definition) is 4. The Kier molecular flexibility index (Phi) is 5.88. The second-order valence-electron chi connectivity index (χ2n) is 8.79. The summed E-state index contributed by atoms with van der Waals surface area (Å²) in [5.74, 6) is -0.615. The van der Waals surface area contributed by atoms with Gasteiger partial charge in [0.25, 0.3) is 0 Å². The van der Waals surface area contributed by atoms with Crippen LogP contribution in [0, 0.1) is 5.92 Å². The molecule has 0 aromatic heterocycles. The third kappa shape index (κ3) is 4.51. The van der Waals surface area contributed by atoms with E-state index in [-0.39, 0.29) is 42.3 Å². The molecule has 0 bridgehead atoms. The predicted molar refractivity (Wildman–Crippen MR) is 119 cm³/mol. The standard InChI is InChI=1S/C24H28N2O4S/c1-24(19-8-4-2-5-9-19,20-10-6-3-7-11-20)17-25-23(28)18-14-22(27)26(15-18)21-12-13-31(29,30)16-21/h2-11,18,21H,12-17H2,1H3,(H,25,28). The molecule has 2 aromatic carbocycles. The van der Waals surface area contributed by atoms with Crippen LogP contribution in [0.3, 0.4) is 0 Å². The highest BCUT2D eigenvalue weighted by Crippen LogP contribution is 2.32. The van der Waals surface area contributed by atoms with Crippen LogP contribution >= 0.6 is 0 Å². The van der Waals surface area contributed by atoms with Crippen LogP contribution in [0.4, 0.5) is 0 Å². The molecule has 6 nitrogen and oxygen atoms in total. The smallest absolute Gasteiger partial charge is 0.225 e. The Morgan fingerprint density at radius 3 is 2.16 bits per heavy atom. The fourth-order valence-corrected chi connectivity index (χ4v) is 6.40. The van der Waals surface area contributed by atoms with Gasteiger partial charge in [-0.3, -0.25) is 9.59 Å².